The molecule has 2 rings (SSSR count). The fourth-order valence-electron chi connectivity index (χ4n) is 1.68. The van der Waals surface area contributed by atoms with Crippen LogP contribution in [0, 0.1) is 13.8 Å². The first kappa shape index (κ1) is 13.8. The van der Waals surface area contributed by atoms with Gasteiger partial charge in [0.05, 0.1) is 4.90 Å². The van der Waals surface area contributed by atoms with E-state index in [-0.39, 0.29) is 15.9 Å². The van der Waals surface area contributed by atoms with Crippen molar-refractivity contribution in [2.75, 3.05) is 4.72 Å². The van der Waals surface area contributed by atoms with Crippen LogP contribution in [0.15, 0.2) is 35.5 Å². The van der Waals surface area contributed by atoms with Crippen molar-refractivity contribution < 1.29 is 8.42 Å². The highest BCUT2D eigenvalue weighted by molar-refractivity contribution is 7.92. The summed E-state index contributed by atoms with van der Waals surface area (Å²) >= 11 is 5.69. The number of halogens is 1. The Labute approximate surface area is 116 Å². The Morgan fingerprint density at radius 3 is 2.53 bits per heavy atom. The van der Waals surface area contributed by atoms with Gasteiger partial charge in [0.25, 0.3) is 10.0 Å². The maximum atomic E-state index is 12.2. The first-order chi connectivity index (χ1) is 8.88. The highest BCUT2D eigenvalue weighted by Gasteiger charge is 2.17. The molecule has 0 aliphatic carbocycles. The van der Waals surface area contributed by atoms with E-state index in [4.69, 9.17) is 11.6 Å². The van der Waals surface area contributed by atoms with Gasteiger partial charge in [0.2, 0.25) is 0 Å². The van der Waals surface area contributed by atoms with Gasteiger partial charge < -0.3 is 0 Å². The molecule has 100 valence electrons. The van der Waals surface area contributed by atoms with Crippen LogP contribution in [0.1, 0.15) is 11.1 Å². The van der Waals surface area contributed by atoms with Gasteiger partial charge in [0, 0.05) is 6.07 Å². The average Bonchev–Trinajstić information content (AvgIpc) is 2.27. The van der Waals surface area contributed by atoms with Gasteiger partial charge in [-0.15, -0.1) is 0 Å². The van der Waals surface area contributed by atoms with E-state index in [1.807, 2.05) is 13.0 Å². The van der Waals surface area contributed by atoms with Crippen molar-refractivity contribution in [3.05, 3.63) is 46.9 Å². The van der Waals surface area contributed by atoms with Gasteiger partial charge in [-0.1, -0.05) is 29.3 Å². The van der Waals surface area contributed by atoms with Gasteiger partial charge in [-0.2, -0.15) is 0 Å². The number of benzene rings is 1. The molecule has 0 aliphatic heterocycles. The number of hydrogen-bond acceptors (Lipinski definition) is 4. The topological polar surface area (TPSA) is 72.0 Å². The Morgan fingerprint density at radius 1 is 1.16 bits per heavy atom. The van der Waals surface area contributed by atoms with E-state index in [0.29, 0.717) is 5.56 Å². The van der Waals surface area contributed by atoms with E-state index in [2.05, 4.69) is 14.7 Å². The average molecular weight is 298 g/mol. The molecule has 0 saturated carbocycles. The molecule has 5 nitrogen and oxygen atoms in total. The Kier molecular flexibility index (Phi) is 3.73. The van der Waals surface area contributed by atoms with E-state index < -0.39 is 10.0 Å². The minimum atomic E-state index is -3.68. The molecule has 1 heterocycles. The van der Waals surface area contributed by atoms with Gasteiger partial charge >= 0.3 is 0 Å². The predicted molar refractivity (Wildman–Crippen MR) is 73.8 cm³/mol. The molecule has 1 aromatic heterocycles. The van der Waals surface area contributed by atoms with Crippen molar-refractivity contribution in [3.8, 4) is 0 Å². The summed E-state index contributed by atoms with van der Waals surface area (Å²) in [7, 11) is -3.68. The zero-order valence-corrected chi connectivity index (χ0v) is 12.0. The lowest BCUT2D eigenvalue weighted by molar-refractivity contribution is 0.600. The summed E-state index contributed by atoms with van der Waals surface area (Å²) in [5.41, 5.74) is 1.68. The van der Waals surface area contributed by atoms with Crippen molar-refractivity contribution in [1.82, 2.24) is 9.97 Å². The Bertz CT molecular complexity index is 717. The van der Waals surface area contributed by atoms with Crippen molar-refractivity contribution in [2.45, 2.75) is 18.7 Å². The Balaban J connectivity index is 2.38. The quantitative estimate of drug-likeness (QED) is 0.884. The van der Waals surface area contributed by atoms with Crippen molar-refractivity contribution >= 4 is 27.4 Å². The molecule has 1 aromatic carbocycles. The molecular weight excluding hydrogens is 286 g/mol. The zero-order valence-electron chi connectivity index (χ0n) is 10.4. The molecule has 0 spiro atoms. The fourth-order valence-corrected chi connectivity index (χ4v) is 3.06. The maximum Gasteiger partial charge on any atom is 0.263 e. The first-order valence-corrected chi connectivity index (χ1v) is 7.32. The fraction of sp³-hybridized carbons (Fsp3) is 0.167. The van der Waals surface area contributed by atoms with Crippen LogP contribution in [0.25, 0.3) is 0 Å². The van der Waals surface area contributed by atoms with Gasteiger partial charge in [0.15, 0.2) is 0 Å². The molecule has 2 aromatic rings. The second-order valence-electron chi connectivity index (χ2n) is 4.10. The van der Waals surface area contributed by atoms with Crippen molar-refractivity contribution in [2.24, 2.45) is 0 Å². The molecule has 0 radical (unpaired) electrons. The van der Waals surface area contributed by atoms with Crippen LogP contribution in [0.2, 0.25) is 5.15 Å². The molecule has 7 heteroatoms. The molecule has 0 fully saturated rings. The first-order valence-electron chi connectivity index (χ1n) is 5.46. The predicted octanol–water partition coefficient (Wildman–Crippen LogP) is 2.55. The van der Waals surface area contributed by atoms with Crippen LogP contribution in [0.4, 0.5) is 5.82 Å². The highest BCUT2D eigenvalue weighted by atomic mass is 35.5. The van der Waals surface area contributed by atoms with Gasteiger partial charge in [-0.05, 0) is 25.5 Å². The van der Waals surface area contributed by atoms with E-state index in [1.165, 1.54) is 12.4 Å². The highest BCUT2D eigenvalue weighted by Crippen LogP contribution is 2.20. The lowest BCUT2D eigenvalue weighted by atomic mass is 10.2. The Hall–Kier alpha value is -1.66. The van der Waals surface area contributed by atoms with E-state index >= 15 is 0 Å². The Morgan fingerprint density at radius 2 is 1.89 bits per heavy atom. The minimum Gasteiger partial charge on any atom is -0.263 e. The number of hydrogen-bond donors (Lipinski definition) is 1. The molecule has 1 N–H and O–H groups in total. The SMILES string of the molecule is Cc1ccc(S(=O)(=O)Nc2cc(Cl)ncn2)c(C)c1. The zero-order chi connectivity index (χ0) is 14.0. The lowest BCUT2D eigenvalue weighted by Gasteiger charge is -2.10. The van der Waals surface area contributed by atoms with Gasteiger partial charge in [-0.3, -0.25) is 4.72 Å². The second kappa shape index (κ2) is 5.14. The monoisotopic (exact) mass is 297 g/mol. The molecule has 0 amide bonds. The third-order valence-electron chi connectivity index (χ3n) is 2.49. The number of rotatable bonds is 3. The largest absolute Gasteiger partial charge is 0.263 e. The lowest BCUT2D eigenvalue weighted by Crippen LogP contribution is -2.15. The molecule has 19 heavy (non-hydrogen) atoms. The van der Waals surface area contributed by atoms with Crippen molar-refractivity contribution in [3.63, 3.8) is 0 Å². The number of nitrogens with one attached hydrogen (secondary N) is 1. The second-order valence-corrected chi connectivity index (χ2v) is 6.14. The van der Waals surface area contributed by atoms with Crippen LogP contribution in [-0.4, -0.2) is 18.4 Å². The summed E-state index contributed by atoms with van der Waals surface area (Å²) < 4.78 is 26.8. The molecular formula is C12H12ClN3O2S. The van der Waals surface area contributed by atoms with Crippen LogP contribution in [0.5, 0.6) is 0 Å². The van der Waals surface area contributed by atoms with Gasteiger partial charge in [0.1, 0.15) is 17.3 Å². The van der Waals surface area contributed by atoms with Crippen LogP contribution in [0.3, 0.4) is 0 Å². The number of nitrogens with zero attached hydrogens (tertiary/aromatic N) is 2. The van der Waals surface area contributed by atoms with Crippen molar-refractivity contribution in [1.29, 1.82) is 0 Å². The molecule has 0 atom stereocenters. The summed E-state index contributed by atoms with van der Waals surface area (Å²) in [4.78, 5) is 7.72. The summed E-state index contributed by atoms with van der Waals surface area (Å²) in [6.45, 7) is 3.65. The maximum absolute atomic E-state index is 12.2. The third kappa shape index (κ3) is 3.21. The minimum absolute atomic E-state index is 0.139. The number of sulfonamides is 1. The molecule has 0 bridgehead atoms. The molecule has 0 aliphatic rings. The van der Waals surface area contributed by atoms with Crippen LogP contribution in [-0.2, 0) is 10.0 Å². The number of anilines is 1. The number of aryl methyl sites for hydroxylation is 2. The number of aromatic nitrogens is 2. The van der Waals surface area contributed by atoms with Crippen LogP contribution >= 0.6 is 11.6 Å². The van der Waals surface area contributed by atoms with E-state index in [0.717, 1.165) is 5.56 Å². The normalized spacial score (nSPS) is 11.3. The standard InChI is InChI=1S/C12H12ClN3O2S/c1-8-3-4-10(9(2)5-8)19(17,18)16-12-6-11(13)14-7-15-12/h3-7H,1-2H3,(H,14,15,16). The molecule has 0 unspecified atom stereocenters. The smallest absolute Gasteiger partial charge is 0.263 e. The summed E-state index contributed by atoms with van der Waals surface area (Å²) in [5, 5.41) is 0.174. The van der Waals surface area contributed by atoms with Gasteiger partial charge in [-0.25, -0.2) is 18.4 Å². The summed E-state index contributed by atoms with van der Waals surface area (Å²) in [6.07, 6.45) is 1.20. The van der Waals surface area contributed by atoms with E-state index in [9.17, 15) is 8.42 Å². The third-order valence-corrected chi connectivity index (χ3v) is 4.21. The summed E-state index contributed by atoms with van der Waals surface area (Å²) in [6, 6.07) is 6.47. The van der Waals surface area contributed by atoms with E-state index in [1.54, 1.807) is 19.1 Å². The summed E-state index contributed by atoms with van der Waals surface area (Å²) in [5.74, 6) is 0.139. The molecule has 0 saturated heterocycles. The van der Waals surface area contributed by atoms with Crippen LogP contribution < -0.4 is 4.72 Å².